The molecule has 3 N–H and O–H groups in total. The van der Waals surface area contributed by atoms with Crippen molar-refractivity contribution in [2.24, 2.45) is 5.84 Å². The zero-order valence-corrected chi connectivity index (χ0v) is 12.3. The average molecular weight is 319 g/mol. The van der Waals surface area contributed by atoms with Crippen LogP contribution in [0.1, 0.15) is 25.3 Å². The maximum atomic E-state index is 13.2. The summed E-state index contributed by atoms with van der Waals surface area (Å²) < 4.78 is 19.2. The van der Waals surface area contributed by atoms with Crippen LogP contribution in [0, 0.1) is 5.82 Å². The first-order chi connectivity index (χ1) is 8.55. The highest BCUT2D eigenvalue weighted by Crippen LogP contribution is 2.17. The summed E-state index contributed by atoms with van der Waals surface area (Å²) >= 11 is 3.29. The highest BCUT2D eigenvalue weighted by Gasteiger charge is 2.11. The van der Waals surface area contributed by atoms with E-state index in [1.54, 1.807) is 7.11 Å². The fourth-order valence-corrected chi connectivity index (χ4v) is 2.32. The van der Waals surface area contributed by atoms with Gasteiger partial charge in [0.05, 0.1) is 6.10 Å². The lowest BCUT2D eigenvalue weighted by molar-refractivity contribution is 0.106. The molecule has 0 aromatic heterocycles. The number of rotatable bonds is 7. The van der Waals surface area contributed by atoms with E-state index in [2.05, 4.69) is 21.4 Å². The summed E-state index contributed by atoms with van der Waals surface area (Å²) in [5, 5.41) is 0. The highest BCUT2D eigenvalue weighted by atomic mass is 79.9. The fourth-order valence-electron chi connectivity index (χ4n) is 1.81. The molecule has 0 fully saturated rings. The first kappa shape index (κ1) is 15.6. The Balaban J connectivity index is 2.56. The molecule has 1 aromatic carbocycles. The minimum absolute atomic E-state index is 0.122. The Morgan fingerprint density at radius 1 is 1.39 bits per heavy atom. The Hall–Kier alpha value is -0.490. The van der Waals surface area contributed by atoms with E-state index in [1.165, 1.54) is 12.1 Å². The third kappa shape index (κ3) is 5.44. The predicted molar refractivity (Wildman–Crippen MR) is 74.6 cm³/mol. The van der Waals surface area contributed by atoms with Crippen molar-refractivity contribution >= 4 is 15.9 Å². The lowest BCUT2D eigenvalue weighted by Crippen LogP contribution is -2.37. The molecule has 0 aliphatic heterocycles. The lowest BCUT2D eigenvalue weighted by Gasteiger charge is -2.18. The maximum absolute atomic E-state index is 13.2. The number of ether oxygens (including phenoxy) is 1. The van der Waals surface area contributed by atoms with Crippen LogP contribution in [0.5, 0.6) is 0 Å². The number of hydrazine groups is 1. The molecule has 0 saturated carbocycles. The van der Waals surface area contributed by atoms with Crippen LogP contribution in [0.25, 0.3) is 0 Å². The molecular formula is C13H20BrFN2O. The molecule has 3 nitrogen and oxygen atoms in total. The molecular weight excluding hydrogens is 299 g/mol. The van der Waals surface area contributed by atoms with Crippen molar-refractivity contribution in [1.82, 2.24) is 5.43 Å². The second-order valence-corrected chi connectivity index (χ2v) is 5.38. The number of hydrogen-bond donors (Lipinski definition) is 2. The zero-order chi connectivity index (χ0) is 13.5. The Morgan fingerprint density at radius 2 is 2.11 bits per heavy atom. The molecule has 0 aliphatic rings. The monoisotopic (exact) mass is 318 g/mol. The van der Waals surface area contributed by atoms with Crippen LogP contribution in [0.2, 0.25) is 0 Å². The predicted octanol–water partition coefficient (Wildman–Crippen LogP) is 2.78. The number of nitrogens with one attached hydrogen (secondary N) is 1. The minimum atomic E-state index is -0.236. The van der Waals surface area contributed by atoms with Gasteiger partial charge in [-0.25, -0.2) is 4.39 Å². The van der Waals surface area contributed by atoms with Crippen LogP contribution in [0.4, 0.5) is 4.39 Å². The molecule has 0 bridgehead atoms. The number of methoxy groups -OCH3 is 1. The average Bonchev–Trinajstić information content (AvgIpc) is 2.32. The van der Waals surface area contributed by atoms with Gasteiger partial charge < -0.3 is 4.74 Å². The minimum Gasteiger partial charge on any atom is -0.382 e. The summed E-state index contributed by atoms with van der Waals surface area (Å²) in [5.41, 5.74) is 3.70. The van der Waals surface area contributed by atoms with Crippen LogP contribution in [-0.2, 0) is 11.2 Å². The van der Waals surface area contributed by atoms with Gasteiger partial charge in [0.25, 0.3) is 0 Å². The van der Waals surface area contributed by atoms with Gasteiger partial charge in [-0.15, -0.1) is 0 Å². The molecule has 5 heteroatoms. The van der Waals surface area contributed by atoms with E-state index in [1.807, 2.05) is 13.0 Å². The maximum Gasteiger partial charge on any atom is 0.124 e. The molecule has 18 heavy (non-hydrogen) atoms. The van der Waals surface area contributed by atoms with Gasteiger partial charge in [0.15, 0.2) is 0 Å². The first-order valence-electron chi connectivity index (χ1n) is 5.99. The van der Waals surface area contributed by atoms with Crippen molar-refractivity contribution in [2.75, 3.05) is 7.11 Å². The number of nitrogens with two attached hydrogens (primary N) is 1. The largest absolute Gasteiger partial charge is 0.382 e. The molecule has 2 unspecified atom stereocenters. The van der Waals surface area contributed by atoms with Crippen molar-refractivity contribution in [1.29, 1.82) is 0 Å². The molecule has 0 amide bonds. The van der Waals surface area contributed by atoms with Crippen molar-refractivity contribution in [3.8, 4) is 0 Å². The van der Waals surface area contributed by atoms with E-state index in [9.17, 15) is 4.39 Å². The third-order valence-corrected chi connectivity index (χ3v) is 3.42. The van der Waals surface area contributed by atoms with Gasteiger partial charge in [-0.05, 0) is 49.9 Å². The quantitative estimate of drug-likeness (QED) is 0.600. The van der Waals surface area contributed by atoms with Gasteiger partial charge in [0, 0.05) is 17.6 Å². The van der Waals surface area contributed by atoms with Crippen molar-refractivity contribution in [3.63, 3.8) is 0 Å². The summed E-state index contributed by atoms with van der Waals surface area (Å²) in [6.07, 6.45) is 2.71. The number of hydrogen-bond acceptors (Lipinski definition) is 3. The molecule has 0 spiro atoms. The van der Waals surface area contributed by atoms with E-state index >= 15 is 0 Å². The second-order valence-electron chi connectivity index (χ2n) is 4.47. The SMILES string of the molecule is COC(C)CCC(Cc1cc(F)cc(Br)c1)NN. The van der Waals surface area contributed by atoms with Crippen molar-refractivity contribution in [2.45, 2.75) is 38.3 Å². The van der Waals surface area contributed by atoms with Crippen LogP contribution in [0.3, 0.4) is 0 Å². The smallest absolute Gasteiger partial charge is 0.124 e. The van der Waals surface area contributed by atoms with Crippen LogP contribution < -0.4 is 11.3 Å². The van der Waals surface area contributed by atoms with Gasteiger partial charge in [-0.2, -0.15) is 0 Å². The number of benzene rings is 1. The Kier molecular flexibility index (Phi) is 6.78. The van der Waals surface area contributed by atoms with Gasteiger partial charge >= 0.3 is 0 Å². The summed E-state index contributed by atoms with van der Waals surface area (Å²) in [5.74, 6) is 5.29. The highest BCUT2D eigenvalue weighted by molar-refractivity contribution is 9.10. The van der Waals surface area contributed by atoms with Gasteiger partial charge in [-0.1, -0.05) is 15.9 Å². The Labute approximate surface area is 116 Å². The molecule has 102 valence electrons. The van der Waals surface area contributed by atoms with Crippen LogP contribution in [-0.4, -0.2) is 19.3 Å². The van der Waals surface area contributed by atoms with E-state index in [0.717, 1.165) is 22.9 Å². The normalized spacial score (nSPS) is 14.5. The second kappa shape index (κ2) is 7.84. The molecule has 0 aliphatic carbocycles. The van der Waals surface area contributed by atoms with Crippen LogP contribution in [0.15, 0.2) is 22.7 Å². The Bertz CT molecular complexity index is 356. The van der Waals surface area contributed by atoms with E-state index in [-0.39, 0.29) is 18.0 Å². The summed E-state index contributed by atoms with van der Waals surface area (Å²) in [6.45, 7) is 2.02. The van der Waals surface area contributed by atoms with Gasteiger partial charge in [0.1, 0.15) is 5.82 Å². The van der Waals surface area contributed by atoms with Gasteiger partial charge in [-0.3, -0.25) is 11.3 Å². The Morgan fingerprint density at radius 3 is 2.67 bits per heavy atom. The topological polar surface area (TPSA) is 47.3 Å². The first-order valence-corrected chi connectivity index (χ1v) is 6.78. The zero-order valence-electron chi connectivity index (χ0n) is 10.7. The number of halogens is 2. The molecule has 2 atom stereocenters. The standard InChI is InChI=1S/C13H20BrFN2O/c1-9(18-2)3-4-13(17-16)7-10-5-11(14)8-12(15)6-10/h5-6,8-9,13,17H,3-4,7,16H2,1-2H3. The lowest BCUT2D eigenvalue weighted by atomic mass is 10.0. The third-order valence-electron chi connectivity index (χ3n) is 2.96. The molecule has 1 aromatic rings. The molecule has 0 radical (unpaired) electrons. The van der Waals surface area contributed by atoms with Crippen molar-refractivity contribution in [3.05, 3.63) is 34.1 Å². The summed E-state index contributed by atoms with van der Waals surface area (Å²) in [4.78, 5) is 0. The fraction of sp³-hybridized carbons (Fsp3) is 0.538. The van der Waals surface area contributed by atoms with Crippen LogP contribution >= 0.6 is 15.9 Å². The summed E-state index contributed by atoms with van der Waals surface area (Å²) in [7, 11) is 1.69. The van der Waals surface area contributed by atoms with E-state index in [4.69, 9.17) is 10.6 Å². The van der Waals surface area contributed by atoms with E-state index < -0.39 is 0 Å². The van der Waals surface area contributed by atoms with Crippen molar-refractivity contribution < 1.29 is 9.13 Å². The summed E-state index contributed by atoms with van der Waals surface area (Å²) in [6, 6.07) is 5.01. The van der Waals surface area contributed by atoms with Gasteiger partial charge in [0.2, 0.25) is 0 Å². The molecule has 0 saturated heterocycles. The molecule has 0 heterocycles. The van der Waals surface area contributed by atoms with E-state index in [0.29, 0.717) is 6.42 Å². The molecule has 1 rings (SSSR count).